The van der Waals surface area contributed by atoms with Crippen molar-refractivity contribution in [2.75, 3.05) is 13.1 Å². The molecule has 29 heavy (non-hydrogen) atoms. The van der Waals surface area contributed by atoms with Crippen LogP contribution in [-0.4, -0.2) is 51.4 Å². The summed E-state index contributed by atoms with van der Waals surface area (Å²) >= 11 is 0. The Labute approximate surface area is 171 Å². The molecule has 1 aromatic carbocycles. The van der Waals surface area contributed by atoms with Crippen molar-refractivity contribution in [2.24, 2.45) is 0 Å². The van der Waals surface area contributed by atoms with Crippen LogP contribution in [-0.2, 0) is 9.53 Å². The molecule has 1 saturated heterocycles. The van der Waals surface area contributed by atoms with Crippen LogP contribution in [0.2, 0.25) is 0 Å². The second-order valence-electron chi connectivity index (χ2n) is 8.13. The maximum Gasteiger partial charge on any atom is 0.407 e. The Morgan fingerprint density at radius 3 is 2.52 bits per heavy atom. The first kappa shape index (κ1) is 20.6. The van der Waals surface area contributed by atoms with Gasteiger partial charge in [-0.1, -0.05) is 18.2 Å². The first-order chi connectivity index (χ1) is 13.8. The minimum atomic E-state index is -0.514. The number of hydrogen-bond donors (Lipinski definition) is 1. The van der Waals surface area contributed by atoms with Gasteiger partial charge in [-0.2, -0.15) is 5.10 Å². The van der Waals surface area contributed by atoms with E-state index in [1.807, 2.05) is 57.3 Å². The molecule has 0 radical (unpaired) electrons. The molecule has 2 amide bonds. The largest absolute Gasteiger partial charge is 0.444 e. The maximum absolute atomic E-state index is 12.5. The number of likely N-dealkylation sites (tertiary alicyclic amines) is 1. The summed E-state index contributed by atoms with van der Waals surface area (Å²) < 4.78 is 7.06. The molecule has 7 heteroatoms. The van der Waals surface area contributed by atoms with Gasteiger partial charge in [0.15, 0.2) is 0 Å². The normalized spacial score (nSPS) is 15.5. The van der Waals surface area contributed by atoms with Gasteiger partial charge in [-0.3, -0.25) is 4.79 Å². The zero-order chi connectivity index (χ0) is 20.9. The Hall–Kier alpha value is -3.09. The van der Waals surface area contributed by atoms with E-state index in [-0.39, 0.29) is 11.9 Å². The zero-order valence-electron chi connectivity index (χ0n) is 17.2. The van der Waals surface area contributed by atoms with Crippen molar-refractivity contribution in [3.05, 3.63) is 54.4 Å². The number of nitrogens with zero attached hydrogens (tertiary/aromatic N) is 3. The average molecular weight is 396 g/mol. The molecule has 0 atom stereocenters. The van der Waals surface area contributed by atoms with E-state index >= 15 is 0 Å². The predicted octanol–water partition coefficient (Wildman–Crippen LogP) is 3.40. The third kappa shape index (κ3) is 6.20. The molecule has 0 aliphatic carbocycles. The Kier molecular flexibility index (Phi) is 6.36. The van der Waals surface area contributed by atoms with Crippen molar-refractivity contribution in [1.82, 2.24) is 20.0 Å². The second kappa shape index (κ2) is 8.94. The molecule has 1 N–H and O–H groups in total. The molecule has 0 bridgehead atoms. The van der Waals surface area contributed by atoms with Crippen molar-refractivity contribution in [1.29, 1.82) is 0 Å². The molecule has 3 rings (SSSR count). The number of ether oxygens (including phenoxy) is 1. The molecule has 1 fully saturated rings. The van der Waals surface area contributed by atoms with Crippen molar-refractivity contribution >= 4 is 18.1 Å². The lowest BCUT2D eigenvalue weighted by Crippen LogP contribution is -2.47. The minimum absolute atomic E-state index is 0.0296. The third-order valence-electron chi connectivity index (χ3n) is 4.57. The van der Waals surface area contributed by atoms with Crippen LogP contribution >= 0.6 is 0 Å². The molecule has 2 heterocycles. The van der Waals surface area contributed by atoms with Crippen molar-refractivity contribution in [3.63, 3.8) is 0 Å². The predicted molar refractivity (Wildman–Crippen MR) is 112 cm³/mol. The molecular weight excluding hydrogens is 368 g/mol. The molecule has 1 aliphatic heterocycles. The van der Waals surface area contributed by atoms with Crippen LogP contribution in [0.25, 0.3) is 11.8 Å². The molecule has 0 spiro atoms. The Morgan fingerprint density at radius 1 is 1.17 bits per heavy atom. The minimum Gasteiger partial charge on any atom is -0.444 e. The fourth-order valence-electron chi connectivity index (χ4n) is 3.14. The van der Waals surface area contributed by atoms with Crippen LogP contribution in [0.15, 0.2) is 48.8 Å². The van der Waals surface area contributed by atoms with Crippen molar-refractivity contribution in [3.8, 4) is 5.69 Å². The molecule has 0 saturated carbocycles. The van der Waals surface area contributed by atoms with Gasteiger partial charge in [0.2, 0.25) is 5.91 Å². The number of benzene rings is 1. The summed E-state index contributed by atoms with van der Waals surface area (Å²) in [5.41, 5.74) is 1.32. The highest BCUT2D eigenvalue weighted by atomic mass is 16.6. The number of piperidine rings is 1. The lowest BCUT2D eigenvalue weighted by Gasteiger charge is -2.32. The van der Waals surface area contributed by atoms with Gasteiger partial charge in [0.05, 0.1) is 11.9 Å². The monoisotopic (exact) mass is 396 g/mol. The molecular formula is C22H28N4O3. The average Bonchev–Trinajstić information content (AvgIpc) is 3.15. The van der Waals surface area contributed by atoms with Gasteiger partial charge < -0.3 is 15.0 Å². The van der Waals surface area contributed by atoms with Crippen LogP contribution in [0.1, 0.15) is 39.2 Å². The molecule has 1 aromatic heterocycles. The van der Waals surface area contributed by atoms with Gasteiger partial charge in [0, 0.05) is 37.0 Å². The van der Waals surface area contributed by atoms with Crippen molar-refractivity contribution < 1.29 is 14.3 Å². The van der Waals surface area contributed by atoms with Crippen LogP contribution in [0.3, 0.4) is 0 Å². The summed E-state index contributed by atoms with van der Waals surface area (Å²) in [6, 6.07) is 9.84. The lowest BCUT2D eigenvalue weighted by molar-refractivity contribution is -0.127. The topological polar surface area (TPSA) is 76.5 Å². The maximum atomic E-state index is 12.5. The summed E-state index contributed by atoms with van der Waals surface area (Å²) in [6.07, 6.45) is 7.99. The molecule has 7 nitrogen and oxygen atoms in total. The number of aromatic nitrogens is 2. The van der Waals surface area contributed by atoms with Crippen LogP contribution < -0.4 is 5.32 Å². The SMILES string of the molecule is CC(C)(C)OC(=O)NC1CCN(C(=O)/C=C/c2cnn(-c3ccccc3)c2)CC1. The van der Waals surface area contributed by atoms with E-state index in [1.165, 1.54) is 0 Å². The third-order valence-corrected chi connectivity index (χ3v) is 4.57. The van der Waals surface area contributed by atoms with Crippen LogP contribution in [0.5, 0.6) is 0 Å². The van der Waals surface area contributed by atoms with E-state index in [1.54, 1.807) is 27.9 Å². The van der Waals surface area contributed by atoms with Gasteiger partial charge in [-0.25, -0.2) is 9.48 Å². The van der Waals surface area contributed by atoms with E-state index in [0.29, 0.717) is 25.9 Å². The highest BCUT2D eigenvalue weighted by Gasteiger charge is 2.24. The first-order valence-corrected chi connectivity index (χ1v) is 9.87. The number of carbonyl (C=O) groups is 2. The highest BCUT2D eigenvalue weighted by molar-refractivity contribution is 5.91. The molecule has 0 unspecified atom stereocenters. The number of carbonyl (C=O) groups excluding carboxylic acids is 2. The summed E-state index contributed by atoms with van der Waals surface area (Å²) in [7, 11) is 0. The standard InChI is InChI=1S/C22H28N4O3/c1-22(2,3)29-21(28)24-18-11-13-25(14-12-18)20(27)10-9-17-15-23-26(16-17)19-7-5-4-6-8-19/h4-10,15-16,18H,11-14H2,1-3H3,(H,24,28)/b10-9+. The summed E-state index contributed by atoms with van der Waals surface area (Å²) in [5.74, 6) is -0.0341. The Morgan fingerprint density at radius 2 is 1.86 bits per heavy atom. The van der Waals surface area contributed by atoms with E-state index < -0.39 is 11.7 Å². The molecule has 1 aliphatic rings. The fourth-order valence-corrected chi connectivity index (χ4v) is 3.14. The summed E-state index contributed by atoms with van der Waals surface area (Å²) in [5, 5.41) is 7.21. The number of rotatable bonds is 4. The summed E-state index contributed by atoms with van der Waals surface area (Å²) in [6.45, 7) is 6.72. The van der Waals surface area contributed by atoms with Crippen molar-refractivity contribution in [2.45, 2.75) is 45.3 Å². The van der Waals surface area contributed by atoms with Gasteiger partial charge in [-0.05, 0) is 51.8 Å². The highest BCUT2D eigenvalue weighted by Crippen LogP contribution is 2.14. The quantitative estimate of drug-likeness (QED) is 0.804. The number of para-hydroxylation sites is 1. The smallest absolute Gasteiger partial charge is 0.407 e. The number of alkyl carbamates (subject to hydrolysis) is 1. The van der Waals surface area contributed by atoms with E-state index in [4.69, 9.17) is 4.74 Å². The fraction of sp³-hybridized carbons (Fsp3) is 0.409. The van der Waals surface area contributed by atoms with Gasteiger partial charge in [-0.15, -0.1) is 0 Å². The zero-order valence-corrected chi connectivity index (χ0v) is 17.2. The van der Waals surface area contributed by atoms with Gasteiger partial charge in [0.1, 0.15) is 5.60 Å². The first-order valence-electron chi connectivity index (χ1n) is 9.87. The molecule has 154 valence electrons. The number of amides is 2. The lowest BCUT2D eigenvalue weighted by atomic mass is 10.1. The Bertz CT molecular complexity index is 860. The Balaban J connectivity index is 1.47. The van der Waals surface area contributed by atoms with Gasteiger partial charge >= 0.3 is 6.09 Å². The van der Waals surface area contributed by atoms with Crippen LogP contribution in [0, 0.1) is 0 Å². The molecule has 2 aromatic rings. The summed E-state index contributed by atoms with van der Waals surface area (Å²) in [4.78, 5) is 26.1. The van der Waals surface area contributed by atoms with E-state index in [9.17, 15) is 9.59 Å². The van der Waals surface area contributed by atoms with E-state index in [0.717, 1.165) is 11.3 Å². The van der Waals surface area contributed by atoms with E-state index in [2.05, 4.69) is 10.4 Å². The van der Waals surface area contributed by atoms with Crippen LogP contribution in [0.4, 0.5) is 4.79 Å². The number of hydrogen-bond acceptors (Lipinski definition) is 4. The second-order valence-corrected chi connectivity index (χ2v) is 8.13. The van der Waals surface area contributed by atoms with Gasteiger partial charge in [0.25, 0.3) is 0 Å². The number of nitrogens with one attached hydrogen (secondary N) is 1.